The molecule has 0 aromatic carbocycles. The van der Waals surface area contributed by atoms with E-state index in [0.717, 1.165) is 47.4 Å². The standard InChI is InChI=1S/C37H61N5O14/c1-3-4-5-6-7-8-9-10-11-12-13-14-15-16-24(44)53-22-20-39-25(33(49)41(2)26(22)35(50)51)31(56-36-30(48)27(45)21(19-38)54-36)32-28(46)29(47)34(55-32)42-18-17-23(43)40-37(42)52/h17-18,21-22,25-32,34,36,39,45-48H,3-16,19-20,38H2,1-2H3,(H,50,51)(H,40,43,52)/t21-,22+,25+,26+,27-,28+,29-,30-,31+,32+,34-,36+/m1/s1. The second-order valence-corrected chi connectivity index (χ2v) is 15.0. The number of rotatable bonds is 22. The highest BCUT2D eigenvalue weighted by molar-refractivity contribution is 5.88. The van der Waals surface area contributed by atoms with E-state index in [1.807, 2.05) is 4.98 Å². The number of hydrogen-bond donors (Lipinski definition) is 8. The Morgan fingerprint density at radius 1 is 0.893 bits per heavy atom. The number of carboxylic acid groups (broad SMARTS) is 1. The van der Waals surface area contributed by atoms with Crippen molar-refractivity contribution in [2.24, 2.45) is 5.73 Å². The van der Waals surface area contributed by atoms with Gasteiger partial charge in [0.25, 0.3) is 5.56 Å². The van der Waals surface area contributed by atoms with Gasteiger partial charge in [0.1, 0.15) is 54.9 Å². The molecule has 56 heavy (non-hydrogen) atoms. The van der Waals surface area contributed by atoms with Gasteiger partial charge in [-0.05, 0) is 6.42 Å². The van der Waals surface area contributed by atoms with Crippen molar-refractivity contribution in [3.63, 3.8) is 0 Å². The summed E-state index contributed by atoms with van der Waals surface area (Å²) >= 11 is 0. The predicted molar refractivity (Wildman–Crippen MR) is 198 cm³/mol. The Kier molecular flexibility index (Phi) is 17.9. The lowest BCUT2D eigenvalue weighted by atomic mass is 9.98. The molecular weight excluding hydrogens is 738 g/mol. The molecule has 3 aliphatic rings. The van der Waals surface area contributed by atoms with Gasteiger partial charge in [-0.3, -0.25) is 29.3 Å². The van der Waals surface area contributed by atoms with Gasteiger partial charge in [-0.25, -0.2) is 9.59 Å². The molecule has 0 spiro atoms. The second kappa shape index (κ2) is 22.0. The van der Waals surface area contributed by atoms with Gasteiger partial charge >= 0.3 is 17.6 Å². The largest absolute Gasteiger partial charge is 0.480 e. The van der Waals surface area contributed by atoms with E-state index >= 15 is 0 Å². The summed E-state index contributed by atoms with van der Waals surface area (Å²) in [6.45, 7) is 1.59. The third-order valence-corrected chi connectivity index (χ3v) is 10.8. The van der Waals surface area contributed by atoms with Crippen LogP contribution in [-0.4, -0.2) is 145 Å². The van der Waals surface area contributed by atoms with Gasteiger partial charge in [-0.1, -0.05) is 84.0 Å². The molecule has 4 rings (SSSR count). The maximum Gasteiger partial charge on any atom is 0.330 e. The zero-order valence-corrected chi connectivity index (χ0v) is 32.3. The molecule has 0 aliphatic carbocycles. The summed E-state index contributed by atoms with van der Waals surface area (Å²) in [6.07, 6.45) is -0.326. The number of aromatic amines is 1. The molecule has 0 bridgehead atoms. The Hall–Kier alpha value is -3.27. The molecule has 19 nitrogen and oxygen atoms in total. The lowest BCUT2D eigenvalue weighted by molar-refractivity contribution is -0.227. The molecule has 19 heteroatoms. The van der Waals surface area contributed by atoms with Gasteiger partial charge in [0.2, 0.25) is 5.91 Å². The number of nitrogens with one attached hydrogen (secondary N) is 2. The van der Waals surface area contributed by atoms with E-state index in [0.29, 0.717) is 6.42 Å². The SMILES string of the molecule is CCCCCCCCCCCCCCCC(=O)O[C@H]1CN[C@@H]([C@H](O[C@@H]2O[C@H](CN)[C@@H](O)[C@H]2O)[C@H]2O[C@@H](n3ccc(=O)[nH]c3=O)[C@H](O)[C@@H]2O)C(=O)N(C)[C@@H]1C(=O)O. The van der Waals surface area contributed by atoms with Crippen LogP contribution in [0.2, 0.25) is 0 Å². The summed E-state index contributed by atoms with van der Waals surface area (Å²) in [5, 5.41) is 56.5. The lowest BCUT2D eigenvalue weighted by Crippen LogP contribution is -2.59. The highest BCUT2D eigenvalue weighted by Crippen LogP contribution is 2.35. The van der Waals surface area contributed by atoms with Gasteiger partial charge in [0.15, 0.2) is 18.6 Å². The minimum absolute atomic E-state index is 0.0421. The summed E-state index contributed by atoms with van der Waals surface area (Å²) in [6, 6.07) is -2.27. The van der Waals surface area contributed by atoms with E-state index in [-0.39, 0.29) is 13.0 Å². The number of carbonyl (C=O) groups excluding carboxylic acids is 2. The minimum atomic E-state index is -1.87. The van der Waals surface area contributed by atoms with E-state index in [4.69, 9.17) is 24.7 Å². The average Bonchev–Trinajstić information content (AvgIpc) is 3.56. The van der Waals surface area contributed by atoms with Crippen LogP contribution in [0.1, 0.15) is 103 Å². The number of nitrogens with zero attached hydrogens (tertiary/aromatic N) is 2. The van der Waals surface area contributed by atoms with Crippen LogP contribution in [-0.2, 0) is 33.3 Å². The molecule has 318 valence electrons. The minimum Gasteiger partial charge on any atom is -0.480 e. The van der Waals surface area contributed by atoms with Crippen molar-refractivity contribution in [3.8, 4) is 0 Å². The number of carboxylic acids is 1. The number of H-pyrrole nitrogens is 1. The Morgan fingerprint density at radius 2 is 1.50 bits per heavy atom. The zero-order valence-electron chi connectivity index (χ0n) is 32.3. The van der Waals surface area contributed by atoms with Gasteiger partial charge in [-0.2, -0.15) is 0 Å². The van der Waals surface area contributed by atoms with E-state index in [1.54, 1.807) is 0 Å². The fourth-order valence-corrected chi connectivity index (χ4v) is 7.59. The van der Waals surface area contributed by atoms with Crippen LogP contribution < -0.4 is 22.3 Å². The third-order valence-electron chi connectivity index (χ3n) is 10.8. The monoisotopic (exact) mass is 799 g/mol. The van der Waals surface area contributed by atoms with Crippen molar-refractivity contribution in [2.45, 2.75) is 170 Å². The first-order valence-corrected chi connectivity index (χ1v) is 19.9. The smallest absolute Gasteiger partial charge is 0.330 e. The summed E-state index contributed by atoms with van der Waals surface area (Å²) in [4.78, 5) is 66.7. The predicted octanol–water partition coefficient (Wildman–Crippen LogP) is -0.777. The van der Waals surface area contributed by atoms with Crippen LogP contribution in [0, 0.1) is 0 Å². The number of unbranched alkanes of at least 4 members (excludes halogenated alkanes) is 12. The van der Waals surface area contributed by atoms with Crippen LogP contribution in [0.15, 0.2) is 21.9 Å². The summed E-state index contributed by atoms with van der Waals surface area (Å²) in [7, 11) is 1.18. The quantitative estimate of drug-likeness (QED) is 0.0528. The molecular formula is C37H61N5O14. The number of aliphatic hydroxyl groups is 4. The van der Waals surface area contributed by atoms with Crippen LogP contribution in [0.25, 0.3) is 0 Å². The number of likely N-dealkylation sites (N-methyl/N-ethyl adjacent to an activating group) is 1. The fourth-order valence-electron chi connectivity index (χ4n) is 7.59. The Bertz CT molecular complexity index is 1530. The highest BCUT2D eigenvalue weighted by atomic mass is 16.7. The summed E-state index contributed by atoms with van der Waals surface area (Å²) < 4.78 is 24.0. The molecule has 1 amide bonds. The van der Waals surface area contributed by atoms with Crippen LogP contribution in [0.3, 0.4) is 0 Å². The first-order chi connectivity index (χ1) is 26.8. The van der Waals surface area contributed by atoms with Crippen molar-refractivity contribution in [1.29, 1.82) is 0 Å². The first-order valence-electron chi connectivity index (χ1n) is 19.9. The van der Waals surface area contributed by atoms with Crippen LogP contribution >= 0.6 is 0 Å². The summed E-state index contributed by atoms with van der Waals surface area (Å²) in [5.41, 5.74) is 3.95. The fraction of sp³-hybridized carbons (Fsp3) is 0.811. The number of aromatic nitrogens is 2. The normalized spacial score (nSPS) is 31.4. The van der Waals surface area contributed by atoms with Gasteiger partial charge in [-0.15, -0.1) is 0 Å². The number of ether oxygens (including phenoxy) is 4. The van der Waals surface area contributed by atoms with Crippen molar-refractivity contribution < 1.29 is 58.9 Å². The molecule has 1 aromatic heterocycles. The number of amides is 1. The number of esters is 1. The van der Waals surface area contributed by atoms with E-state index in [1.165, 1.54) is 58.4 Å². The molecule has 0 unspecified atom stereocenters. The number of aliphatic hydroxyl groups excluding tert-OH is 4. The maximum absolute atomic E-state index is 14.1. The number of nitrogens with two attached hydrogens (primary N) is 1. The lowest BCUT2D eigenvalue weighted by Gasteiger charge is -2.35. The van der Waals surface area contributed by atoms with Crippen molar-refractivity contribution in [1.82, 2.24) is 19.8 Å². The molecule has 12 atom stereocenters. The summed E-state index contributed by atoms with van der Waals surface area (Å²) in [5.74, 6) is -3.03. The van der Waals surface area contributed by atoms with Crippen molar-refractivity contribution >= 4 is 17.8 Å². The molecule has 0 radical (unpaired) electrons. The molecule has 9 N–H and O–H groups in total. The Balaban J connectivity index is 1.42. The van der Waals surface area contributed by atoms with Crippen molar-refractivity contribution in [2.75, 3.05) is 20.1 Å². The third kappa shape index (κ3) is 11.7. The molecule has 3 fully saturated rings. The molecule has 3 aliphatic heterocycles. The van der Waals surface area contributed by atoms with Gasteiger partial charge in [0, 0.05) is 38.8 Å². The second-order valence-electron chi connectivity index (χ2n) is 15.0. The molecule has 1 aromatic rings. The van der Waals surface area contributed by atoms with Crippen molar-refractivity contribution in [3.05, 3.63) is 33.1 Å². The zero-order chi connectivity index (χ0) is 40.9. The van der Waals surface area contributed by atoms with Crippen LogP contribution in [0.5, 0.6) is 0 Å². The molecule has 3 saturated heterocycles. The van der Waals surface area contributed by atoms with E-state index < -0.39 is 109 Å². The Morgan fingerprint density at radius 3 is 2.05 bits per heavy atom. The number of carbonyl (C=O) groups is 3. The van der Waals surface area contributed by atoms with Crippen LogP contribution in [0.4, 0.5) is 0 Å². The number of aliphatic carboxylic acids is 1. The van der Waals surface area contributed by atoms with E-state index in [2.05, 4.69) is 12.2 Å². The Labute approximate surface area is 325 Å². The van der Waals surface area contributed by atoms with Gasteiger partial charge < -0.3 is 55.1 Å². The van der Waals surface area contributed by atoms with Gasteiger partial charge in [0.05, 0.1) is 0 Å². The number of hydrogen-bond acceptors (Lipinski definition) is 15. The average molecular weight is 800 g/mol. The first kappa shape index (κ1) is 45.4. The molecule has 4 heterocycles. The topological polar surface area (TPSA) is 285 Å². The highest BCUT2D eigenvalue weighted by Gasteiger charge is 2.56. The van der Waals surface area contributed by atoms with E-state index in [9.17, 15) is 49.5 Å². The molecule has 0 saturated carbocycles. The maximum atomic E-state index is 14.1.